The Labute approximate surface area is 139 Å². The molecule has 0 amide bonds. The summed E-state index contributed by atoms with van der Waals surface area (Å²) in [6.45, 7) is 6.74. The SMILES string of the molecule is Cc1c(NC2CCN(C)CC2)ncnc1NC1CCN(C)CC1. The van der Waals surface area contributed by atoms with Gasteiger partial charge < -0.3 is 20.4 Å². The van der Waals surface area contributed by atoms with Gasteiger partial charge in [-0.2, -0.15) is 0 Å². The molecule has 3 rings (SSSR count). The fourth-order valence-electron chi connectivity index (χ4n) is 3.43. The van der Waals surface area contributed by atoms with Crippen LogP contribution in [-0.4, -0.2) is 72.1 Å². The quantitative estimate of drug-likeness (QED) is 0.883. The van der Waals surface area contributed by atoms with Crippen molar-refractivity contribution in [2.75, 3.05) is 50.9 Å². The first-order valence-corrected chi connectivity index (χ1v) is 8.83. The molecular formula is C17H30N6. The molecule has 0 unspecified atom stereocenters. The fraction of sp³-hybridized carbons (Fsp3) is 0.765. The van der Waals surface area contributed by atoms with Gasteiger partial charge in [-0.3, -0.25) is 0 Å². The van der Waals surface area contributed by atoms with Crippen LogP contribution in [0.2, 0.25) is 0 Å². The van der Waals surface area contributed by atoms with Gasteiger partial charge in [-0.05, 0) is 72.9 Å². The van der Waals surface area contributed by atoms with Crippen molar-refractivity contribution in [3.63, 3.8) is 0 Å². The molecule has 2 fully saturated rings. The topological polar surface area (TPSA) is 56.3 Å². The molecule has 6 nitrogen and oxygen atoms in total. The largest absolute Gasteiger partial charge is 0.367 e. The van der Waals surface area contributed by atoms with Gasteiger partial charge >= 0.3 is 0 Å². The first-order valence-electron chi connectivity index (χ1n) is 8.83. The number of rotatable bonds is 4. The van der Waals surface area contributed by atoms with Crippen molar-refractivity contribution in [3.05, 3.63) is 11.9 Å². The van der Waals surface area contributed by atoms with Gasteiger partial charge in [-0.25, -0.2) is 9.97 Å². The summed E-state index contributed by atoms with van der Waals surface area (Å²) in [6.07, 6.45) is 6.40. The van der Waals surface area contributed by atoms with Crippen LogP contribution in [0.3, 0.4) is 0 Å². The third-order valence-corrected chi connectivity index (χ3v) is 5.20. The molecule has 2 N–H and O–H groups in total. The Morgan fingerprint density at radius 2 is 1.22 bits per heavy atom. The van der Waals surface area contributed by atoms with Gasteiger partial charge in [0, 0.05) is 17.6 Å². The highest BCUT2D eigenvalue weighted by atomic mass is 15.2. The van der Waals surface area contributed by atoms with Gasteiger partial charge in [0.15, 0.2) is 0 Å². The van der Waals surface area contributed by atoms with Crippen LogP contribution in [-0.2, 0) is 0 Å². The molecule has 23 heavy (non-hydrogen) atoms. The van der Waals surface area contributed by atoms with Crippen LogP contribution in [0.25, 0.3) is 0 Å². The van der Waals surface area contributed by atoms with Crippen LogP contribution in [0, 0.1) is 6.92 Å². The first-order chi connectivity index (χ1) is 11.1. The van der Waals surface area contributed by atoms with Gasteiger partial charge in [0.25, 0.3) is 0 Å². The lowest BCUT2D eigenvalue weighted by molar-refractivity contribution is 0.263. The molecule has 2 aliphatic rings. The maximum Gasteiger partial charge on any atom is 0.134 e. The molecular weight excluding hydrogens is 288 g/mol. The lowest BCUT2D eigenvalue weighted by Crippen LogP contribution is -2.37. The molecule has 6 heteroatoms. The normalized spacial score (nSPS) is 22.2. The summed E-state index contributed by atoms with van der Waals surface area (Å²) in [5.74, 6) is 1.98. The van der Waals surface area contributed by atoms with Crippen molar-refractivity contribution in [2.45, 2.75) is 44.7 Å². The second-order valence-electron chi connectivity index (χ2n) is 7.14. The van der Waals surface area contributed by atoms with Crippen LogP contribution >= 0.6 is 0 Å². The second kappa shape index (κ2) is 7.45. The van der Waals surface area contributed by atoms with E-state index in [0.29, 0.717) is 12.1 Å². The Balaban J connectivity index is 1.61. The van der Waals surface area contributed by atoms with Crippen LogP contribution in [0.4, 0.5) is 11.6 Å². The van der Waals surface area contributed by atoms with E-state index >= 15 is 0 Å². The summed E-state index contributed by atoms with van der Waals surface area (Å²) in [7, 11) is 4.38. The van der Waals surface area contributed by atoms with Crippen LogP contribution in [0.1, 0.15) is 31.2 Å². The van der Waals surface area contributed by atoms with E-state index in [0.717, 1.165) is 43.4 Å². The molecule has 2 saturated heterocycles. The van der Waals surface area contributed by atoms with Crippen molar-refractivity contribution < 1.29 is 0 Å². The molecule has 0 radical (unpaired) electrons. The summed E-state index contributed by atoms with van der Waals surface area (Å²) in [5.41, 5.74) is 1.14. The van der Waals surface area contributed by atoms with Crippen molar-refractivity contribution in [2.24, 2.45) is 0 Å². The molecule has 2 aliphatic heterocycles. The van der Waals surface area contributed by atoms with Crippen molar-refractivity contribution in [1.82, 2.24) is 19.8 Å². The molecule has 0 aromatic carbocycles. The lowest BCUT2D eigenvalue weighted by atomic mass is 10.0. The Kier molecular flexibility index (Phi) is 5.33. The summed E-state index contributed by atoms with van der Waals surface area (Å²) >= 11 is 0. The summed E-state index contributed by atoms with van der Waals surface area (Å²) in [5, 5.41) is 7.26. The Morgan fingerprint density at radius 3 is 1.61 bits per heavy atom. The zero-order chi connectivity index (χ0) is 16.2. The highest BCUT2D eigenvalue weighted by molar-refractivity contribution is 5.57. The zero-order valence-electron chi connectivity index (χ0n) is 14.7. The van der Waals surface area contributed by atoms with E-state index in [-0.39, 0.29) is 0 Å². The predicted octanol–water partition coefficient (Wildman–Crippen LogP) is 1.80. The predicted molar refractivity (Wildman–Crippen MR) is 95.1 cm³/mol. The maximum absolute atomic E-state index is 4.47. The molecule has 0 atom stereocenters. The molecule has 1 aromatic heterocycles. The van der Waals surface area contributed by atoms with E-state index in [4.69, 9.17) is 0 Å². The number of hydrogen-bond acceptors (Lipinski definition) is 6. The highest BCUT2D eigenvalue weighted by Gasteiger charge is 2.20. The minimum absolute atomic E-state index is 0.524. The van der Waals surface area contributed by atoms with Gasteiger partial charge in [0.2, 0.25) is 0 Å². The maximum atomic E-state index is 4.47. The number of piperidine rings is 2. The summed E-state index contributed by atoms with van der Waals surface area (Å²) < 4.78 is 0. The Bertz CT molecular complexity index is 462. The average molecular weight is 318 g/mol. The number of anilines is 2. The Morgan fingerprint density at radius 1 is 0.826 bits per heavy atom. The molecule has 3 heterocycles. The zero-order valence-corrected chi connectivity index (χ0v) is 14.7. The number of nitrogens with one attached hydrogen (secondary N) is 2. The number of aromatic nitrogens is 2. The van der Waals surface area contributed by atoms with Gasteiger partial charge in [-0.1, -0.05) is 0 Å². The van der Waals surface area contributed by atoms with Gasteiger partial charge in [0.05, 0.1) is 0 Å². The van der Waals surface area contributed by atoms with E-state index in [1.807, 2.05) is 0 Å². The van der Waals surface area contributed by atoms with E-state index in [1.165, 1.54) is 25.7 Å². The minimum Gasteiger partial charge on any atom is -0.367 e. The number of nitrogens with zero attached hydrogens (tertiary/aromatic N) is 4. The number of likely N-dealkylation sites (tertiary alicyclic amines) is 2. The van der Waals surface area contributed by atoms with E-state index in [1.54, 1.807) is 6.33 Å². The smallest absolute Gasteiger partial charge is 0.134 e. The van der Waals surface area contributed by atoms with Crippen LogP contribution in [0.15, 0.2) is 6.33 Å². The van der Waals surface area contributed by atoms with Crippen molar-refractivity contribution in [3.8, 4) is 0 Å². The lowest BCUT2D eigenvalue weighted by Gasteiger charge is -2.31. The van der Waals surface area contributed by atoms with Crippen molar-refractivity contribution >= 4 is 11.6 Å². The van der Waals surface area contributed by atoms with E-state index in [9.17, 15) is 0 Å². The van der Waals surface area contributed by atoms with Crippen molar-refractivity contribution in [1.29, 1.82) is 0 Å². The first kappa shape index (κ1) is 16.5. The van der Waals surface area contributed by atoms with E-state index in [2.05, 4.69) is 51.4 Å². The third kappa shape index (κ3) is 4.32. The molecule has 0 spiro atoms. The third-order valence-electron chi connectivity index (χ3n) is 5.20. The monoisotopic (exact) mass is 318 g/mol. The van der Waals surface area contributed by atoms with Gasteiger partial charge in [-0.15, -0.1) is 0 Å². The van der Waals surface area contributed by atoms with E-state index < -0.39 is 0 Å². The van der Waals surface area contributed by atoms with Gasteiger partial charge in [0.1, 0.15) is 18.0 Å². The van der Waals surface area contributed by atoms with Crippen LogP contribution in [0.5, 0.6) is 0 Å². The molecule has 0 saturated carbocycles. The summed E-state index contributed by atoms with van der Waals surface area (Å²) in [6, 6.07) is 1.05. The minimum atomic E-state index is 0.524. The Hall–Kier alpha value is -1.40. The molecule has 0 aliphatic carbocycles. The molecule has 128 valence electrons. The molecule has 1 aromatic rings. The molecule has 0 bridgehead atoms. The second-order valence-corrected chi connectivity index (χ2v) is 7.14. The average Bonchev–Trinajstić information content (AvgIpc) is 2.55. The summed E-state index contributed by atoms with van der Waals surface area (Å²) in [4.78, 5) is 13.7. The fourth-order valence-corrected chi connectivity index (χ4v) is 3.43. The number of hydrogen-bond donors (Lipinski definition) is 2. The highest BCUT2D eigenvalue weighted by Crippen LogP contribution is 2.23. The standard InChI is InChI=1S/C17H30N6/c1-13-16(20-14-4-8-22(2)9-5-14)18-12-19-17(13)21-15-6-10-23(3)11-7-15/h12,14-15H,4-11H2,1-3H3,(H2,18,19,20,21). The van der Waals surface area contributed by atoms with Crippen LogP contribution < -0.4 is 10.6 Å².